The molecule has 1 N–H and O–H groups in total. The van der Waals surface area contributed by atoms with Gasteiger partial charge in [0, 0.05) is 23.8 Å². The van der Waals surface area contributed by atoms with Gasteiger partial charge in [-0.1, -0.05) is 6.42 Å². The standard InChI is InChI=1S/C10H13BrN2O3S/c1-13(8-3-2-4-8)17(15,16)9-5-7(11)6-12-10(9)14/h5-6,8H,2-4H2,1H3,(H,12,14). The molecule has 0 atom stereocenters. The van der Waals surface area contributed by atoms with Crippen molar-refractivity contribution in [2.75, 3.05) is 7.05 Å². The average Bonchev–Trinajstić information content (AvgIpc) is 2.19. The minimum atomic E-state index is -3.69. The van der Waals surface area contributed by atoms with Gasteiger partial charge in [0.1, 0.15) is 4.90 Å². The zero-order chi connectivity index (χ0) is 12.6. The van der Waals surface area contributed by atoms with Crippen molar-refractivity contribution in [1.29, 1.82) is 0 Å². The molecule has 1 saturated carbocycles. The number of rotatable bonds is 3. The summed E-state index contributed by atoms with van der Waals surface area (Å²) in [5.41, 5.74) is -0.584. The first-order valence-corrected chi connectivity index (χ1v) is 7.52. The van der Waals surface area contributed by atoms with E-state index in [-0.39, 0.29) is 10.9 Å². The lowest BCUT2D eigenvalue weighted by molar-refractivity contribution is 0.249. The zero-order valence-corrected chi connectivity index (χ0v) is 11.7. The van der Waals surface area contributed by atoms with E-state index in [2.05, 4.69) is 20.9 Å². The first-order valence-electron chi connectivity index (χ1n) is 5.29. The van der Waals surface area contributed by atoms with E-state index in [0.717, 1.165) is 19.3 Å². The minimum Gasteiger partial charge on any atom is -0.327 e. The molecule has 0 radical (unpaired) electrons. The van der Waals surface area contributed by atoms with Crippen LogP contribution in [0.4, 0.5) is 0 Å². The summed E-state index contributed by atoms with van der Waals surface area (Å²) in [5, 5.41) is 0. The summed E-state index contributed by atoms with van der Waals surface area (Å²) in [6.07, 6.45) is 4.19. The second-order valence-corrected chi connectivity index (χ2v) is 7.00. The van der Waals surface area contributed by atoms with Crippen LogP contribution in [0, 0.1) is 0 Å². The van der Waals surface area contributed by atoms with E-state index in [4.69, 9.17) is 0 Å². The Labute approximate surface area is 108 Å². The van der Waals surface area contributed by atoms with Crippen LogP contribution in [-0.2, 0) is 10.0 Å². The van der Waals surface area contributed by atoms with Gasteiger partial charge in [0.25, 0.3) is 5.56 Å². The molecule has 0 aliphatic heterocycles. The summed E-state index contributed by atoms with van der Waals surface area (Å²) in [6.45, 7) is 0. The average molecular weight is 321 g/mol. The second kappa shape index (κ2) is 4.55. The number of pyridine rings is 1. The maximum Gasteiger partial charge on any atom is 0.268 e. The highest BCUT2D eigenvalue weighted by Gasteiger charge is 2.33. The second-order valence-electron chi connectivity index (χ2n) is 4.12. The largest absolute Gasteiger partial charge is 0.327 e. The fraction of sp³-hybridized carbons (Fsp3) is 0.500. The van der Waals surface area contributed by atoms with Gasteiger partial charge in [-0.3, -0.25) is 4.79 Å². The summed E-state index contributed by atoms with van der Waals surface area (Å²) < 4.78 is 26.3. The Morgan fingerprint density at radius 1 is 1.47 bits per heavy atom. The van der Waals surface area contributed by atoms with Crippen LogP contribution in [0.3, 0.4) is 0 Å². The monoisotopic (exact) mass is 320 g/mol. The van der Waals surface area contributed by atoms with E-state index < -0.39 is 15.6 Å². The molecule has 1 aromatic heterocycles. The third kappa shape index (κ3) is 2.31. The van der Waals surface area contributed by atoms with Crippen LogP contribution in [0.1, 0.15) is 19.3 Å². The van der Waals surface area contributed by atoms with E-state index in [1.165, 1.54) is 23.6 Å². The molecule has 17 heavy (non-hydrogen) atoms. The molecule has 1 aromatic rings. The smallest absolute Gasteiger partial charge is 0.268 e. The molecule has 2 rings (SSSR count). The number of nitrogens with one attached hydrogen (secondary N) is 1. The van der Waals surface area contributed by atoms with Gasteiger partial charge in [-0.25, -0.2) is 8.42 Å². The zero-order valence-electron chi connectivity index (χ0n) is 9.31. The number of halogens is 1. The summed E-state index contributed by atoms with van der Waals surface area (Å²) in [4.78, 5) is 13.8. The summed E-state index contributed by atoms with van der Waals surface area (Å²) >= 11 is 3.15. The molecule has 0 aromatic carbocycles. The van der Waals surface area contributed by atoms with E-state index >= 15 is 0 Å². The van der Waals surface area contributed by atoms with Gasteiger partial charge in [0.05, 0.1) is 0 Å². The van der Waals surface area contributed by atoms with Crippen LogP contribution in [0.15, 0.2) is 26.4 Å². The van der Waals surface area contributed by atoms with Gasteiger partial charge < -0.3 is 4.98 Å². The first kappa shape index (κ1) is 12.8. The van der Waals surface area contributed by atoms with Crippen molar-refractivity contribution in [1.82, 2.24) is 9.29 Å². The molecular formula is C10H13BrN2O3S. The molecular weight excluding hydrogens is 308 g/mol. The van der Waals surface area contributed by atoms with E-state index in [0.29, 0.717) is 4.47 Å². The molecule has 1 aliphatic carbocycles. The van der Waals surface area contributed by atoms with Crippen LogP contribution in [-0.4, -0.2) is 30.8 Å². The maximum absolute atomic E-state index is 12.2. The number of aromatic amines is 1. The molecule has 94 valence electrons. The van der Waals surface area contributed by atoms with Crippen LogP contribution >= 0.6 is 15.9 Å². The number of hydrogen-bond donors (Lipinski definition) is 1. The van der Waals surface area contributed by atoms with E-state index in [9.17, 15) is 13.2 Å². The number of aromatic nitrogens is 1. The maximum atomic E-state index is 12.2. The normalized spacial score (nSPS) is 17.1. The SMILES string of the molecule is CN(C1CCC1)S(=O)(=O)c1cc(Br)c[nH]c1=O. The Morgan fingerprint density at radius 2 is 2.12 bits per heavy atom. The Kier molecular flexibility index (Phi) is 3.42. The topological polar surface area (TPSA) is 70.2 Å². The van der Waals surface area contributed by atoms with Crippen molar-refractivity contribution < 1.29 is 8.42 Å². The molecule has 5 nitrogen and oxygen atoms in total. The molecule has 0 unspecified atom stereocenters. The highest BCUT2D eigenvalue weighted by atomic mass is 79.9. The molecule has 7 heteroatoms. The minimum absolute atomic E-state index is 0.0263. The predicted octanol–water partition coefficient (Wildman–Crippen LogP) is 1.31. The summed E-state index contributed by atoms with van der Waals surface area (Å²) in [7, 11) is -2.17. The molecule has 0 spiro atoms. The third-order valence-corrected chi connectivity index (χ3v) is 5.45. The number of nitrogens with zero attached hydrogens (tertiary/aromatic N) is 1. The van der Waals surface area contributed by atoms with Crippen molar-refractivity contribution in [3.05, 3.63) is 27.1 Å². The highest BCUT2D eigenvalue weighted by molar-refractivity contribution is 9.10. The third-order valence-electron chi connectivity index (χ3n) is 3.08. The van der Waals surface area contributed by atoms with Gasteiger partial charge in [0.15, 0.2) is 0 Å². The van der Waals surface area contributed by atoms with Gasteiger partial charge in [-0.05, 0) is 34.8 Å². The fourth-order valence-electron chi connectivity index (χ4n) is 1.73. The number of hydrogen-bond acceptors (Lipinski definition) is 3. The van der Waals surface area contributed by atoms with Gasteiger partial charge in [0.2, 0.25) is 10.0 Å². The van der Waals surface area contributed by atoms with Gasteiger partial charge in [-0.15, -0.1) is 0 Å². The lowest BCUT2D eigenvalue weighted by atomic mass is 9.94. The van der Waals surface area contributed by atoms with Crippen molar-refractivity contribution in [2.45, 2.75) is 30.2 Å². The number of H-pyrrole nitrogens is 1. The Bertz CT molecular complexity index is 577. The first-order chi connectivity index (χ1) is 7.93. The van der Waals surface area contributed by atoms with Gasteiger partial charge >= 0.3 is 0 Å². The quantitative estimate of drug-likeness (QED) is 0.912. The summed E-state index contributed by atoms with van der Waals surface area (Å²) in [5.74, 6) is 0. The van der Waals surface area contributed by atoms with Crippen molar-refractivity contribution >= 4 is 26.0 Å². The van der Waals surface area contributed by atoms with Crippen molar-refractivity contribution in [2.24, 2.45) is 0 Å². The van der Waals surface area contributed by atoms with Crippen LogP contribution < -0.4 is 5.56 Å². The van der Waals surface area contributed by atoms with Crippen LogP contribution in [0.2, 0.25) is 0 Å². The van der Waals surface area contributed by atoms with E-state index in [1.54, 1.807) is 0 Å². The molecule has 1 aliphatic rings. The van der Waals surface area contributed by atoms with E-state index in [1.807, 2.05) is 0 Å². The molecule has 1 fully saturated rings. The summed E-state index contributed by atoms with van der Waals surface area (Å²) in [6, 6.07) is 1.36. The molecule has 0 bridgehead atoms. The van der Waals surface area contributed by atoms with Crippen LogP contribution in [0.5, 0.6) is 0 Å². The van der Waals surface area contributed by atoms with Crippen molar-refractivity contribution in [3.8, 4) is 0 Å². The highest BCUT2D eigenvalue weighted by Crippen LogP contribution is 2.27. The Hall–Kier alpha value is -0.660. The van der Waals surface area contributed by atoms with Crippen molar-refractivity contribution in [3.63, 3.8) is 0 Å². The van der Waals surface area contributed by atoms with Gasteiger partial charge in [-0.2, -0.15) is 4.31 Å². The van der Waals surface area contributed by atoms with Crippen LogP contribution in [0.25, 0.3) is 0 Å². The molecule has 1 heterocycles. The number of sulfonamides is 1. The Balaban J connectivity index is 2.43. The lowest BCUT2D eigenvalue weighted by Crippen LogP contribution is -2.42. The Morgan fingerprint density at radius 3 is 2.65 bits per heavy atom. The lowest BCUT2D eigenvalue weighted by Gasteiger charge is -2.33. The molecule has 0 amide bonds. The fourth-order valence-corrected chi connectivity index (χ4v) is 3.71. The predicted molar refractivity (Wildman–Crippen MR) is 67.4 cm³/mol. The molecule has 0 saturated heterocycles.